The van der Waals surface area contributed by atoms with Crippen LogP contribution in [0, 0.1) is 0 Å². The van der Waals surface area contributed by atoms with Gasteiger partial charge in [0.05, 0.1) is 6.61 Å². The van der Waals surface area contributed by atoms with Crippen molar-refractivity contribution in [2.45, 2.75) is 13.5 Å². The molecule has 2 rings (SSSR count). The molecule has 0 fully saturated rings. The van der Waals surface area contributed by atoms with Crippen molar-refractivity contribution in [3.8, 4) is 0 Å². The lowest BCUT2D eigenvalue weighted by molar-refractivity contribution is 0.232. The molecule has 2 heterocycles. The third-order valence-corrected chi connectivity index (χ3v) is 2.74. The fourth-order valence-corrected chi connectivity index (χ4v) is 1.96. The SMILES string of the molecule is CCNc1nc(N)cc2c1CN(CCO)C=C2. The van der Waals surface area contributed by atoms with Crippen molar-refractivity contribution in [2.75, 3.05) is 30.7 Å². The number of anilines is 2. The van der Waals surface area contributed by atoms with Crippen LogP contribution in [0.5, 0.6) is 0 Å². The molecule has 1 aromatic rings. The van der Waals surface area contributed by atoms with E-state index in [0.29, 0.717) is 12.4 Å². The summed E-state index contributed by atoms with van der Waals surface area (Å²) in [6, 6.07) is 1.88. The maximum atomic E-state index is 8.96. The van der Waals surface area contributed by atoms with Crippen LogP contribution < -0.4 is 11.1 Å². The summed E-state index contributed by atoms with van der Waals surface area (Å²) in [5.74, 6) is 1.37. The van der Waals surface area contributed by atoms with Crippen LogP contribution in [0.4, 0.5) is 11.6 Å². The molecule has 0 radical (unpaired) electrons. The van der Waals surface area contributed by atoms with Crippen molar-refractivity contribution >= 4 is 17.7 Å². The van der Waals surface area contributed by atoms with Gasteiger partial charge in [-0.2, -0.15) is 0 Å². The van der Waals surface area contributed by atoms with E-state index in [1.807, 2.05) is 25.3 Å². The summed E-state index contributed by atoms with van der Waals surface area (Å²) in [5, 5.41) is 12.2. The van der Waals surface area contributed by atoms with E-state index < -0.39 is 0 Å². The number of β-amino-alcohol motifs (C(OH)–C–C–N with tert-alkyl or cyclic N) is 1. The minimum atomic E-state index is 0.151. The first-order valence-electron chi connectivity index (χ1n) is 5.81. The van der Waals surface area contributed by atoms with Crippen molar-refractivity contribution in [3.63, 3.8) is 0 Å². The number of fused-ring (bicyclic) bond motifs is 1. The summed E-state index contributed by atoms with van der Waals surface area (Å²) in [4.78, 5) is 6.37. The number of nitrogens with two attached hydrogens (primary N) is 1. The Morgan fingerprint density at radius 3 is 3.12 bits per heavy atom. The molecule has 1 aromatic heterocycles. The first kappa shape index (κ1) is 11.7. The molecular formula is C12H18N4O. The summed E-state index contributed by atoms with van der Waals surface area (Å²) in [6.45, 7) is 4.38. The Morgan fingerprint density at radius 1 is 1.59 bits per heavy atom. The summed E-state index contributed by atoms with van der Waals surface area (Å²) in [5.41, 5.74) is 8.00. The van der Waals surface area contributed by atoms with Gasteiger partial charge >= 0.3 is 0 Å². The van der Waals surface area contributed by atoms with E-state index in [9.17, 15) is 0 Å². The number of nitrogens with one attached hydrogen (secondary N) is 1. The lowest BCUT2D eigenvalue weighted by atomic mass is 10.1. The lowest BCUT2D eigenvalue weighted by Gasteiger charge is -2.26. The number of nitrogens with zero attached hydrogens (tertiary/aromatic N) is 2. The van der Waals surface area contributed by atoms with Crippen molar-refractivity contribution in [3.05, 3.63) is 23.4 Å². The number of nitrogen functional groups attached to an aromatic ring is 1. The van der Waals surface area contributed by atoms with Crippen LogP contribution in [0.15, 0.2) is 12.3 Å². The number of aliphatic hydroxyl groups is 1. The molecule has 4 N–H and O–H groups in total. The van der Waals surface area contributed by atoms with Gasteiger partial charge in [0.2, 0.25) is 0 Å². The summed E-state index contributed by atoms with van der Waals surface area (Å²) < 4.78 is 0. The molecule has 5 heteroatoms. The van der Waals surface area contributed by atoms with Gasteiger partial charge in [-0.3, -0.25) is 0 Å². The predicted molar refractivity (Wildman–Crippen MR) is 69.3 cm³/mol. The highest BCUT2D eigenvalue weighted by atomic mass is 16.3. The molecule has 17 heavy (non-hydrogen) atoms. The van der Waals surface area contributed by atoms with Crippen LogP contribution in [-0.2, 0) is 6.54 Å². The Bertz CT molecular complexity index is 431. The van der Waals surface area contributed by atoms with E-state index in [4.69, 9.17) is 10.8 Å². The average Bonchev–Trinajstić information content (AvgIpc) is 2.30. The summed E-state index contributed by atoms with van der Waals surface area (Å²) in [6.07, 6.45) is 3.99. The van der Waals surface area contributed by atoms with Gasteiger partial charge in [0.25, 0.3) is 0 Å². The molecule has 0 amide bonds. The highest BCUT2D eigenvalue weighted by Gasteiger charge is 2.15. The standard InChI is InChI=1S/C12H18N4O/c1-2-14-12-10-8-16(5-6-17)4-3-9(10)7-11(13)15-12/h3-4,7,17H,2,5-6,8H2,1H3,(H3,13,14,15). The van der Waals surface area contributed by atoms with Crippen molar-refractivity contribution in [2.24, 2.45) is 0 Å². The third-order valence-electron chi connectivity index (χ3n) is 2.74. The quantitative estimate of drug-likeness (QED) is 0.721. The van der Waals surface area contributed by atoms with E-state index in [1.165, 1.54) is 0 Å². The Balaban J connectivity index is 2.33. The van der Waals surface area contributed by atoms with E-state index >= 15 is 0 Å². The normalized spacial score (nSPS) is 13.6. The zero-order valence-electron chi connectivity index (χ0n) is 9.98. The Labute approximate surface area is 101 Å². The second-order valence-electron chi connectivity index (χ2n) is 4.00. The Hall–Kier alpha value is -1.75. The predicted octanol–water partition coefficient (Wildman–Crippen LogP) is 0.874. The van der Waals surface area contributed by atoms with Gasteiger partial charge in [-0.25, -0.2) is 4.98 Å². The Kier molecular flexibility index (Phi) is 3.49. The molecule has 1 aliphatic heterocycles. The van der Waals surface area contributed by atoms with Gasteiger partial charge < -0.3 is 21.1 Å². The topological polar surface area (TPSA) is 74.4 Å². The molecule has 0 atom stereocenters. The first-order chi connectivity index (χ1) is 8.24. The largest absolute Gasteiger partial charge is 0.395 e. The van der Waals surface area contributed by atoms with E-state index in [2.05, 4.69) is 15.2 Å². The van der Waals surface area contributed by atoms with Crippen molar-refractivity contribution < 1.29 is 5.11 Å². The number of rotatable bonds is 4. The summed E-state index contributed by atoms with van der Waals surface area (Å²) in [7, 11) is 0. The maximum absolute atomic E-state index is 8.96. The number of pyridine rings is 1. The molecule has 5 nitrogen and oxygen atoms in total. The first-order valence-corrected chi connectivity index (χ1v) is 5.81. The van der Waals surface area contributed by atoms with Crippen LogP contribution in [0.2, 0.25) is 0 Å². The fraction of sp³-hybridized carbons (Fsp3) is 0.417. The third kappa shape index (κ3) is 2.50. The molecule has 0 spiro atoms. The molecule has 92 valence electrons. The monoisotopic (exact) mass is 234 g/mol. The zero-order chi connectivity index (χ0) is 12.3. The number of hydrogen-bond acceptors (Lipinski definition) is 5. The van der Waals surface area contributed by atoms with Crippen LogP contribution in [-0.4, -0.2) is 34.7 Å². The number of aromatic nitrogens is 1. The van der Waals surface area contributed by atoms with Gasteiger partial charge in [0.15, 0.2) is 0 Å². The molecule has 0 unspecified atom stereocenters. The highest BCUT2D eigenvalue weighted by molar-refractivity contribution is 5.66. The second-order valence-corrected chi connectivity index (χ2v) is 4.00. The maximum Gasteiger partial charge on any atom is 0.134 e. The molecule has 1 aliphatic rings. The van der Waals surface area contributed by atoms with Crippen LogP contribution in [0.25, 0.3) is 6.08 Å². The highest BCUT2D eigenvalue weighted by Crippen LogP contribution is 2.26. The van der Waals surface area contributed by atoms with Crippen LogP contribution >= 0.6 is 0 Å². The average molecular weight is 234 g/mol. The molecule has 0 aliphatic carbocycles. The van der Waals surface area contributed by atoms with Gasteiger partial charge in [0.1, 0.15) is 11.6 Å². The molecular weight excluding hydrogens is 216 g/mol. The second kappa shape index (κ2) is 5.05. The van der Waals surface area contributed by atoms with Gasteiger partial charge in [-0.1, -0.05) is 0 Å². The van der Waals surface area contributed by atoms with Gasteiger partial charge in [-0.05, 0) is 24.6 Å². The minimum Gasteiger partial charge on any atom is -0.395 e. The minimum absolute atomic E-state index is 0.151. The number of aliphatic hydroxyl groups excluding tert-OH is 1. The van der Waals surface area contributed by atoms with Gasteiger partial charge in [0, 0.05) is 31.4 Å². The van der Waals surface area contributed by atoms with E-state index in [1.54, 1.807) is 0 Å². The smallest absolute Gasteiger partial charge is 0.134 e. The molecule has 0 saturated carbocycles. The van der Waals surface area contributed by atoms with E-state index in [-0.39, 0.29) is 6.61 Å². The number of hydrogen-bond donors (Lipinski definition) is 3. The lowest BCUT2D eigenvalue weighted by Crippen LogP contribution is -2.24. The van der Waals surface area contributed by atoms with Crippen molar-refractivity contribution in [1.29, 1.82) is 0 Å². The van der Waals surface area contributed by atoms with E-state index in [0.717, 1.165) is 30.0 Å². The summed E-state index contributed by atoms with van der Waals surface area (Å²) >= 11 is 0. The van der Waals surface area contributed by atoms with Gasteiger partial charge in [-0.15, -0.1) is 0 Å². The molecule has 0 bridgehead atoms. The fourth-order valence-electron chi connectivity index (χ4n) is 1.96. The Morgan fingerprint density at radius 2 is 2.41 bits per heavy atom. The zero-order valence-corrected chi connectivity index (χ0v) is 9.98. The van der Waals surface area contributed by atoms with Crippen LogP contribution in [0.3, 0.4) is 0 Å². The van der Waals surface area contributed by atoms with Crippen LogP contribution in [0.1, 0.15) is 18.1 Å². The van der Waals surface area contributed by atoms with Crippen molar-refractivity contribution in [1.82, 2.24) is 9.88 Å². The molecule has 0 aromatic carbocycles. The molecule has 0 saturated heterocycles.